The number of ether oxygens (including phenoxy) is 1. The summed E-state index contributed by atoms with van der Waals surface area (Å²) in [6.45, 7) is 5.43. The van der Waals surface area contributed by atoms with Gasteiger partial charge in [0.1, 0.15) is 11.9 Å². The summed E-state index contributed by atoms with van der Waals surface area (Å²) in [6, 6.07) is 10.2. The minimum Gasteiger partial charge on any atom is -0.442 e. The lowest BCUT2D eigenvalue weighted by molar-refractivity contribution is -0.109. The van der Waals surface area contributed by atoms with Crippen LogP contribution in [0.5, 0.6) is 0 Å². The van der Waals surface area contributed by atoms with E-state index in [0.717, 1.165) is 22.0 Å². The number of hydrogen-bond donors (Lipinski definition) is 2. The molecule has 0 aliphatic carbocycles. The van der Waals surface area contributed by atoms with Crippen LogP contribution >= 0.6 is 22.5 Å². The molecule has 7 heteroatoms. The van der Waals surface area contributed by atoms with Crippen LogP contribution < -0.4 is 5.43 Å². The van der Waals surface area contributed by atoms with Crippen molar-refractivity contribution in [1.29, 1.82) is 0 Å². The zero-order valence-electron chi connectivity index (χ0n) is 16.1. The number of nitrogens with zero attached hydrogens (tertiary/aromatic N) is 1. The molecule has 2 unspecified atom stereocenters. The topological polar surface area (TPSA) is 58.6 Å². The summed E-state index contributed by atoms with van der Waals surface area (Å²) in [5, 5.41) is 1.26. The van der Waals surface area contributed by atoms with Crippen molar-refractivity contribution in [2.45, 2.75) is 32.1 Å². The molecule has 1 aliphatic rings. The molecule has 0 spiro atoms. The molecule has 1 N–H and O–H groups in total. The molecule has 2 rings (SSSR count). The number of halogens is 1. The van der Waals surface area contributed by atoms with Crippen LogP contribution in [0, 0.1) is 5.92 Å². The van der Waals surface area contributed by atoms with Crippen molar-refractivity contribution in [3.63, 3.8) is 0 Å². The Bertz CT molecular complexity index is 728. The minimum atomic E-state index is -0.625. The van der Waals surface area contributed by atoms with Crippen molar-refractivity contribution in [2.75, 3.05) is 12.8 Å². The zero-order valence-corrected chi connectivity index (χ0v) is 17.8. The van der Waals surface area contributed by atoms with Crippen molar-refractivity contribution in [3.8, 4) is 0 Å². The van der Waals surface area contributed by atoms with Crippen molar-refractivity contribution in [3.05, 3.63) is 58.1 Å². The number of nitrogens with one attached hydrogen (secondary N) is 1. The van der Waals surface area contributed by atoms with Gasteiger partial charge in [0.05, 0.1) is 10.3 Å². The lowest BCUT2D eigenvalue weighted by Gasteiger charge is -2.30. The maximum Gasteiger partial charge on any atom is 0.428 e. The summed E-state index contributed by atoms with van der Waals surface area (Å²) in [5.41, 5.74) is 4.47. The Labute approximate surface area is 168 Å². The van der Waals surface area contributed by atoms with Gasteiger partial charge in [-0.3, -0.25) is 0 Å². The van der Waals surface area contributed by atoms with Crippen LogP contribution in [-0.4, -0.2) is 35.8 Å². The van der Waals surface area contributed by atoms with Crippen molar-refractivity contribution in [2.24, 2.45) is 5.92 Å². The van der Waals surface area contributed by atoms with Gasteiger partial charge in [-0.15, -0.1) is 0 Å². The lowest BCUT2D eigenvalue weighted by Crippen LogP contribution is -2.40. The van der Waals surface area contributed by atoms with E-state index in [4.69, 9.17) is 16.3 Å². The number of hydrazine groups is 1. The number of aldehydes is 1. The summed E-state index contributed by atoms with van der Waals surface area (Å²) < 4.78 is 6.07. The highest BCUT2D eigenvalue weighted by Gasteiger charge is 2.24. The Hall–Kier alpha value is -1.92. The fraction of sp³-hybridized carbons (Fsp3) is 0.400. The fourth-order valence-corrected chi connectivity index (χ4v) is 5.20. The fourth-order valence-electron chi connectivity index (χ4n) is 2.53. The highest BCUT2D eigenvalue weighted by molar-refractivity contribution is 8.21. The summed E-state index contributed by atoms with van der Waals surface area (Å²) in [7, 11) is 0.958. The lowest BCUT2D eigenvalue weighted by atomic mass is 10.0. The van der Waals surface area contributed by atoms with Crippen LogP contribution in [0.1, 0.15) is 26.3 Å². The summed E-state index contributed by atoms with van der Waals surface area (Å²) >= 11 is 6.46. The summed E-state index contributed by atoms with van der Waals surface area (Å²) in [4.78, 5) is 23.5. The van der Waals surface area contributed by atoms with Crippen molar-refractivity contribution >= 4 is 34.9 Å². The Kier molecular flexibility index (Phi) is 7.39. The van der Waals surface area contributed by atoms with Crippen LogP contribution in [0.4, 0.5) is 4.79 Å². The maximum atomic E-state index is 12.1. The molecule has 0 fully saturated rings. The Morgan fingerprint density at radius 3 is 2.63 bits per heavy atom. The number of allylic oxidation sites excluding steroid dienone is 1. The van der Waals surface area contributed by atoms with Gasteiger partial charge in [0.2, 0.25) is 0 Å². The van der Waals surface area contributed by atoms with Crippen molar-refractivity contribution < 1.29 is 14.3 Å². The Morgan fingerprint density at radius 1 is 1.37 bits per heavy atom. The summed E-state index contributed by atoms with van der Waals surface area (Å²) in [6.07, 6.45) is 3.91. The van der Waals surface area contributed by atoms with Gasteiger partial charge in [0.15, 0.2) is 0 Å². The van der Waals surface area contributed by atoms with Gasteiger partial charge in [-0.2, -0.15) is 0 Å². The molecule has 0 saturated heterocycles. The van der Waals surface area contributed by atoms with Gasteiger partial charge in [-0.05, 0) is 38.0 Å². The molecule has 0 aromatic heterocycles. The molecule has 0 bridgehead atoms. The second-order valence-corrected chi connectivity index (χ2v) is 10.2. The first-order chi connectivity index (χ1) is 12.7. The molecule has 0 radical (unpaired) electrons. The average molecular weight is 411 g/mol. The van der Waals surface area contributed by atoms with Crippen LogP contribution in [0.3, 0.4) is 0 Å². The molecule has 1 aromatic carbocycles. The SMILES string of the molecule is CN(NC=C1C[SH](Cc2ccccc2)C(Cl)=CC1C=O)C(=O)OC(C)(C)C. The van der Waals surface area contributed by atoms with Gasteiger partial charge in [-0.1, -0.05) is 41.9 Å². The average Bonchev–Trinajstić information content (AvgIpc) is 2.61. The standard InChI is InChI=1S/C20H27ClN2O3S/c1-20(2,3)26-19(25)23(4)22-11-17-14-27(18(21)10-16(17)12-24)13-15-8-6-5-7-9-15/h5-12,16,22,27H,13-14H2,1-4H3. The quantitative estimate of drug-likeness (QED) is 0.430. The molecule has 148 valence electrons. The second kappa shape index (κ2) is 9.33. The minimum absolute atomic E-state index is 0.383. The van der Waals surface area contributed by atoms with Gasteiger partial charge < -0.3 is 15.0 Å². The van der Waals surface area contributed by atoms with E-state index in [1.165, 1.54) is 10.6 Å². The third kappa shape index (κ3) is 6.63. The maximum absolute atomic E-state index is 12.1. The van der Waals surface area contributed by atoms with E-state index in [2.05, 4.69) is 17.6 Å². The molecule has 1 heterocycles. The number of benzene rings is 1. The van der Waals surface area contributed by atoms with Crippen LogP contribution in [-0.2, 0) is 15.3 Å². The monoisotopic (exact) mass is 410 g/mol. The predicted octanol–water partition coefficient (Wildman–Crippen LogP) is 4.35. The first-order valence-corrected chi connectivity index (χ1v) is 10.8. The highest BCUT2D eigenvalue weighted by atomic mass is 35.5. The van der Waals surface area contributed by atoms with E-state index in [-0.39, 0.29) is 5.92 Å². The molecule has 2 atom stereocenters. The van der Waals surface area contributed by atoms with E-state index < -0.39 is 22.6 Å². The molecule has 0 saturated carbocycles. The van der Waals surface area contributed by atoms with E-state index >= 15 is 0 Å². The van der Waals surface area contributed by atoms with Crippen LogP contribution in [0.25, 0.3) is 0 Å². The van der Waals surface area contributed by atoms with E-state index in [0.29, 0.717) is 5.75 Å². The van der Waals surface area contributed by atoms with E-state index in [1.54, 1.807) is 13.2 Å². The Balaban J connectivity index is 2.08. The molecular weight excluding hydrogens is 384 g/mol. The van der Waals surface area contributed by atoms with Gasteiger partial charge >= 0.3 is 6.09 Å². The van der Waals surface area contributed by atoms with E-state index in [9.17, 15) is 9.59 Å². The molecule has 5 nitrogen and oxygen atoms in total. The largest absolute Gasteiger partial charge is 0.442 e. The first-order valence-electron chi connectivity index (χ1n) is 8.73. The second-order valence-electron chi connectivity index (χ2n) is 7.38. The van der Waals surface area contributed by atoms with Gasteiger partial charge in [-0.25, -0.2) is 20.7 Å². The number of amides is 1. The number of thiol groups is 1. The van der Waals surface area contributed by atoms with E-state index in [1.807, 2.05) is 45.0 Å². The molecule has 1 aliphatic heterocycles. The normalized spacial score (nSPS) is 22.7. The predicted molar refractivity (Wildman–Crippen MR) is 113 cm³/mol. The number of rotatable bonds is 5. The first kappa shape index (κ1) is 21.4. The number of hydrogen-bond acceptors (Lipinski definition) is 4. The molecule has 1 aromatic rings. The van der Waals surface area contributed by atoms with Crippen molar-refractivity contribution in [1.82, 2.24) is 10.4 Å². The zero-order chi connectivity index (χ0) is 20.0. The third-order valence-electron chi connectivity index (χ3n) is 3.89. The van der Waals surface area contributed by atoms with Crippen LogP contribution in [0.15, 0.2) is 52.5 Å². The molecule has 1 amide bonds. The molecule has 27 heavy (non-hydrogen) atoms. The third-order valence-corrected chi connectivity index (χ3v) is 6.98. The van der Waals surface area contributed by atoms with Crippen LogP contribution in [0.2, 0.25) is 0 Å². The summed E-state index contributed by atoms with van der Waals surface area (Å²) in [5.74, 6) is 1.18. The van der Waals surface area contributed by atoms with Gasteiger partial charge in [0, 0.05) is 24.8 Å². The molecular formula is C20H27ClN2O3S. The smallest absolute Gasteiger partial charge is 0.428 e. The Morgan fingerprint density at radius 2 is 2.04 bits per heavy atom. The number of carbonyl (C=O) groups excluding carboxylic acids is 2. The number of carbonyl (C=O) groups is 2. The van der Waals surface area contributed by atoms with Gasteiger partial charge in [0.25, 0.3) is 0 Å². The highest BCUT2D eigenvalue weighted by Crippen LogP contribution is 2.47.